The van der Waals surface area contributed by atoms with Gasteiger partial charge in [0.2, 0.25) is 11.8 Å². The molecule has 3 amide bonds. The Labute approximate surface area is 202 Å². The van der Waals surface area contributed by atoms with Crippen LogP contribution in [0.1, 0.15) is 32.1 Å². The van der Waals surface area contributed by atoms with Gasteiger partial charge in [-0.2, -0.15) is 0 Å². The molecule has 1 spiro atoms. The van der Waals surface area contributed by atoms with Gasteiger partial charge in [0.25, 0.3) is 0 Å². The van der Waals surface area contributed by atoms with Crippen molar-refractivity contribution >= 4 is 23.7 Å². The number of furan rings is 1. The standard InChI is InChI=1S/C25H29N3O7/c1-3-33-24(32)27-10-8-26(9-11-27)22(30)19-18-6-7-25(35-18)20(19)23(31)28-15(17-5-4-12-34-17)13-16(29)14(2)21(25)28/h4-7,12,14-15,18-21H,3,8-11,13H2,1-2H3/t14?,15?,18-,19?,20?,21?,25+/m1/s1. The maximum Gasteiger partial charge on any atom is 0.409 e. The summed E-state index contributed by atoms with van der Waals surface area (Å²) in [5, 5.41) is 0. The molecule has 0 saturated carbocycles. The van der Waals surface area contributed by atoms with Crippen LogP contribution in [0.2, 0.25) is 0 Å². The number of ketones is 1. The Bertz CT molecular complexity index is 1090. The zero-order chi connectivity index (χ0) is 24.5. The highest BCUT2D eigenvalue weighted by Gasteiger charge is 2.74. The number of rotatable bonds is 3. The van der Waals surface area contributed by atoms with Crippen LogP contribution in [0.15, 0.2) is 35.0 Å². The molecule has 6 rings (SSSR count). The van der Waals surface area contributed by atoms with Gasteiger partial charge in [-0.3, -0.25) is 14.4 Å². The number of carbonyl (C=O) groups is 4. The molecular weight excluding hydrogens is 454 g/mol. The molecular formula is C25H29N3O7. The number of fused-ring (bicyclic) bond motifs is 2. The third-order valence-corrected chi connectivity index (χ3v) is 8.35. The SMILES string of the molecule is CCOC(=O)N1CCN(C(=O)C2C3C(=O)N4C(c5ccco5)CC(=O)C(C)C4[C@]34C=C[C@H]2O4)CC1. The Hall–Kier alpha value is -3.14. The van der Waals surface area contributed by atoms with E-state index in [-0.39, 0.29) is 30.1 Å². The second-order valence-corrected chi connectivity index (χ2v) is 9.99. The minimum absolute atomic E-state index is 0.0563. The molecule has 7 atom stereocenters. The van der Waals surface area contributed by atoms with Crippen molar-refractivity contribution in [3.05, 3.63) is 36.3 Å². The lowest BCUT2D eigenvalue weighted by Gasteiger charge is -2.43. The van der Waals surface area contributed by atoms with Gasteiger partial charge in [-0.25, -0.2) is 4.79 Å². The molecule has 0 aromatic carbocycles. The van der Waals surface area contributed by atoms with E-state index in [0.717, 1.165) is 0 Å². The molecule has 186 valence electrons. The molecule has 5 aliphatic rings. The van der Waals surface area contributed by atoms with Crippen LogP contribution >= 0.6 is 0 Å². The highest BCUT2D eigenvalue weighted by Crippen LogP contribution is 2.60. The van der Waals surface area contributed by atoms with E-state index in [1.54, 1.807) is 33.8 Å². The number of hydrogen-bond acceptors (Lipinski definition) is 7. The zero-order valence-corrected chi connectivity index (χ0v) is 19.8. The Kier molecular flexibility index (Phi) is 5.07. The summed E-state index contributed by atoms with van der Waals surface area (Å²) in [6.45, 7) is 5.40. The lowest BCUT2D eigenvalue weighted by atomic mass is 9.70. The number of nitrogens with zero attached hydrogens (tertiary/aromatic N) is 3. The van der Waals surface area contributed by atoms with E-state index in [1.165, 1.54) is 6.26 Å². The fourth-order valence-electron chi connectivity index (χ4n) is 6.78. The number of piperidine rings is 1. The minimum atomic E-state index is -1.00. The van der Waals surface area contributed by atoms with Crippen LogP contribution in [-0.2, 0) is 23.9 Å². The van der Waals surface area contributed by atoms with Gasteiger partial charge in [0, 0.05) is 38.5 Å². The van der Waals surface area contributed by atoms with Crippen molar-refractivity contribution in [3.63, 3.8) is 0 Å². The maximum atomic E-state index is 14.0. The number of carbonyl (C=O) groups excluding carboxylic acids is 4. The van der Waals surface area contributed by atoms with E-state index < -0.39 is 41.5 Å². The van der Waals surface area contributed by atoms with Crippen LogP contribution in [0.25, 0.3) is 0 Å². The zero-order valence-electron chi connectivity index (χ0n) is 19.8. The van der Waals surface area contributed by atoms with E-state index >= 15 is 0 Å². The summed E-state index contributed by atoms with van der Waals surface area (Å²) in [5.41, 5.74) is -1.00. The Balaban J connectivity index is 1.28. The number of hydrogen-bond donors (Lipinski definition) is 0. The molecule has 10 heteroatoms. The molecule has 1 aromatic heterocycles. The number of Topliss-reactive ketones (excluding diaryl/α,β-unsaturated/α-hetero) is 1. The average Bonchev–Trinajstić information content (AvgIpc) is 3.64. The van der Waals surface area contributed by atoms with Crippen LogP contribution < -0.4 is 0 Å². The predicted octanol–water partition coefficient (Wildman–Crippen LogP) is 1.38. The summed E-state index contributed by atoms with van der Waals surface area (Å²) in [6, 6.07) is 2.53. The van der Waals surface area contributed by atoms with Gasteiger partial charge < -0.3 is 28.6 Å². The summed E-state index contributed by atoms with van der Waals surface area (Å²) in [4.78, 5) is 57.9. The van der Waals surface area contributed by atoms with E-state index in [1.807, 2.05) is 19.1 Å². The number of ether oxygens (including phenoxy) is 2. The van der Waals surface area contributed by atoms with Crippen molar-refractivity contribution in [2.24, 2.45) is 17.8 Å². The summed E-state index contributed by atoms with van der Waals surface area (Å²) in [6.07, 6.45) is 4.61. The molecule has 35 heavy (non-hydrogen) atoms. The van der Waals surface area contributed by atoms with E-state index in [2.05, 4.69) is 0 Å². The predicted molar refractivity (Wildman–Crippen MR) is 120 cm³/mol. The highest BCUT2D eigenvalue weighted by molar-refractivity contribution is 5.96. The van der Waals surface area contributed by atoms with Crippen LogP contribution in [0.3, 0.4) is 0 Å². The van der Waals surface area contributed by atoms with Crippen molar-refractivity contribution in [2.75, 3.05) is 32.8 Å². The monoisotopic (exact) mass is 483 g/mol. The smallest absolute Gasteiger partial charge is 0.409 e. The van der Waals surface area contributed by atoms with E-state index in [9.17, 15) is 19.2 Å². The molecule has 0 N–H and O–H groups in total. The van der Waals surface area contributed by atoms with Crippen molar-refractivity contribution in [1.82, 2.24) is 14.7 Å². The topological polar surface area (TPSA) is 110 Å². The van der Waals surface area contributed by atoms with E-state index in [0.29, 0.717) is 38.5 Å². The van der Waals surface area contributed by atoms with E-state index in [4.69, 9.17) is 13.9 Å². The minimum Gasteiger partial charge on any atom is -0.467 e. The third-order valence-electron chi connectivity index (χ3n) is 8.35. The molecule has 5 aliphatic heterocycles. The molecule has 5 unspecified atom stereocenters. The Morgan fingerprint density at radius 1 is 1.17 bits per heavy atom. The first-order chi connectivity index (χ1) is 16.9. The van der Waals surface area contributed by atoms with Gasteiger partial charge in [0.15, 0.2) is 0 Å². The molecule has 4 saturated heterocycles. The normalized spacial score (nSPS) is 37.6. The summed E-state index contributed by atoms with van der Waals surface area (Å²) in [5.74, 6) is -1.45. The first-order valence-electron chi connectivity index (χ1n) is 12.3. The van der Waals surface area contributed by atoms with Gasteiger partial charge in [0.1, 0.15) is 17.1 Å². The van der Waals surface area contributed by atoms with Crippen LogP contribution in [-0.4, -0.2) is 88.9 Å². The largest absolute Gasteiger partial charge is 0.467 e. The fraction of sp³-hybridized carbons (Fsp3) is 0.600. The van der Waals surface area contributed by atoms with Gasteiger partial charge >= 0.3 is 6.09 Å². The quantitative estimate of drug-likeness (QED) is 0.598. The molecule has 10 nitrogen and oxygen atoms in total. The molecule has 4 fully saturated rings. The summed E-state index contributed by atoms with van der Waals surface area (Å²) in [7, 11) is 0. The first kappa shape index (κ1) is 22.3. The maximum absolute atomic E-state index is 14.0. The molecule has 6 heterocycles. The molecule has 1 aromatic rings. The second-order valence-electron chi connectivity index (χ2n) is 9.99. The fourth-order valence-corrected chi connectivity index (χ4v) is 6.78. The molecule has 2 bridgehead atoms. The Morgan fingerprint density at radius 3 is 2.60 bits per heavy atom. The van der Waals surface area contributed by atoms with Crippen molar-refractivity contribution in [1.29, 1.82) is 0 Å². The van der Waals surface area contributed by atoms with Crippen molar-refractivity contribution in [2.45, 2.75) is 44.1 Å². The number of piperazine rings is 1. The van der Waals surface area contributed by atoms with Gasteiger partial charge in [0.05, 0.1) is 42.9 Å². The second kappa shape index (κ2) is 7.94. The lowest BCUT2D eigenvalue weighted by molar-refractivity contribution is -0.150. The first-order valence-corrected chi connectivity index (χ1v) is 12.3. The lowest BCUT2D eigenvalue weighted by Crippen LogP contribution is -2.55. The Morgan fingerprint density at radius 2 is 1.91 bits per heavy atom. The van der Waals surface area contributed by atoms with Crippen LogP contribution in [0.4, 0.5) is 4.79 Å². The third kappa shape index (κ3) is 3.05. The van der Waals surface area contributed by atoms with Gasteiger partial charge in [-0.05, 0) is 19.1 Å². The van der Waals surface area contributed by atoms with Gasteiger partial charge in [-0.15, -0.1) is 0 Å². The highest BCUT2D eigenvalue weighted by atomic mass is 16.6. The van der Waals surface area contributed by atoms with Gasteiger partial charge in [-0.1, -0.05) is 19.1 Å². The van der Waals surface area contributed by atoms with Crippen LogP contribution in [0.5, 0.6) is 0 Å². The average molecular weight is 484 g/mol. The summed E-state index contributed by atoms with van der Waals surface area (Å²) >= 11 is 0. The van der Waals surface area contributed by atoms with Crippen LogP contribution in [0, 0.1) is 17.8 Å². The molecule has 0 radical (unpaired) electrons. The van der Waals surface area contributed by atoms with Crippen molar-refractivity contribution in [3.8, 4) is 0 Å². The molecule has 0 aliphatic carbocycles. The van der Waals surface area contributed by atoms with Crippen molar-refractivity contribution < 1.29 is 33.1 Å². The number of amides is 3. The summed E-state index contributed by atoms with van der Waals surface area (Å²) < 4.78 is 17.1.